The van der Waals surface area contributed by atoms with Crippen LogP contribution < -0.4 is 16.0 Å². The quantitative estimate of drug-likeness (QED) is 0.214. The normalized spacial score (nSPS) is 18.2. The van der Waals surface area contributed by atoms with E-state index in [0.29, 0.717) is 12.6 Å². The molecule has 1 fully saturated rings. The highest BCUT2D eigenvalue weighted by Gasteiger charge is 2.22. The predicted molar refractivity (Wildman–Crippen MR) is 119 cm³/mol. The van der Waals surface area contributed by atoms with Crippen LogP contribution >= 0.6 is 24.0 Å². The maximum absolute atomic E-state index is 11.6. The molecule has 1 amide bonds. The molecule has 0 bridgehead atoms. The number of hydrogen-bond acceptors (Lipinski definition) is 4. The first kappa shape index (κ1) is 25.2. The number of hydrogen-bond donors (Lipinski definition) is 3. The van der Waals surface area contributed by atoms with Gasteiger partial charge < -0.3 is 20.7 Å². The van der Waals surface area contributed by atoms with Crippen molar-refractivity contribution < 1.29 is 9.53 Å². The Bertz CT molecular complexity index is 426. The molecule has 3 N–H and O–H groups in total. The smallest absolute Gasteiger partial charge is 0.407 e. The van der Waals surface area contributed by atoms with Crippen LogP contribution in [0.1, 0.15) is 53.9 Å². The summed E-state index contributed by atoms with van der Waals surface area (Å²) >= 11 is 0. The van der Waals surface area contributed by atoms with Gasteiger partial charge in [-0.05, 0) is 60.0 Å². The lowest BCUT2D eigenvalue weighted by molar-refractivity contribution is 0.0527. The highest BCUT2D eigenvalue weighted by Crippen LogP contribution is 2.16. The van der Waals surface area contributed by atoms with Crippen molar-refractivity contribution in [2.75, 3.05) is 39.3 Å². The Morgan fingerprint density at radius 1 is 1.19 bits per heavy atom. The number of aliphatic imine (C=N–C) groups is 1. The van der Waals surface area contributed by atoms with Gasteiger partial charge in [0.1, 0.15) is 5.60 Å². The van der Waals surface area contributed by atoms with Crippen molar-refractivity contribution in [3.8, 4) is 0 Å². The van der Waals surface area contributed by atoms with Gasteiger partial charge in [0.25, 0.3) is 0 Å². The molecule has 0 spiro atoms. The largest absolute Gasteiger partial charge is 0.444 e. The molecule has 0 saturated carbocycles. The van der Waals surface area contributed by atoms with Crippen molar-refractivity contribution in [2.24, 2.45) is 4.99 Å². The number of guanidine groups is 1. The third-order valence-corrected chi connectivity index (χ3v) is 4.02. The molecule has 26 heavy (non-hydrogen) atoms. The molecule has 0 radical (unpaired) electrons. The Morgan fingerprint density at radius 3 is 2.50 bits per heavy atom. The molecule has 0 aromatic heterocycles. The summed E-state index contributed by atoms with van der Waals surface area (Å²) in [5, 5.41) is 9.37. The number of carbonyl (C=O) groups excluding carboxylic acids is 1. The summed E-state index contributed by atoms with van der Waals surface area (Å²) in [6.45, 7) is 15.1. The Morgan fingerprint density at radius 2 is 1.88 bits per heavy atom. The second-order valence-electron chi connectivity index (χ2n) is 7.35. The van der Waals surface area contributed by atoms with Crippen LogP contribution in [0.25, 0.3) is 0 Å². The van der Waals surface area contributed by atoms with Crippen LogP contribution in [0.4, 0.5) is 4.79 Å². The van der Waals surface area contributed by atoms with Crippen LogP contribution in [0, 0.1) is 0 Å². The van der Waals surface area contributed by atoms with E-state index in [9.17, 15) is 4.79 Å². The molecule has 1 aliphatic rings. The molecule has 1 heterocycles. The second kappa shape index (κ2) is 13.4. The maximum atomic E-state index is 11.6. The zero-order valence-corrected chi connectivity index (χ0v) is 19.4. The summed E-state index contributed by atoms with van der Waals surface area (Å²) in [7, 11) is 0. The Labute approximate surface area is 176 Å². The first-order valence-electron chi connectivity index (χ1n) is 9.58. The van der Waals surface area contributed by atoms with Gasteiger partial charge in [0, 0.05) is 25.7 Å². The van der Waals surface area contributed by atoms with E-state index in [1.54, 1.807) is 0 Å². The summed E-state index contributed by atoms with van der Waals surface area (Å²) in [5.41, 5.74) is -0.459. The molecule has 0 aliphatic carbocycles. The summed E-state index contributed by atoms with van der Waals surface area (Å²) in [4.78, 5) is 18.8. The molecular formula is C18H38IN5O2. The fraction of sp³-hybridized carbons (Fsp3) is 0.889. The topological polar surface area (TPSA) is 78.0 Å². The summed E-state index contributed by atoms with van der Waals surface area (Å²) < 4.78 is 5.21. The molecular weight excluding hydrogens is 445 g/mol. The molecule has 8 heteroatoms. The van der Waals surface area contributed by atoms with Gasteiger partial charge in [-0.1, -0.05) is 6.92 Å². The van der Waals surface area contributed by atoms with Crippen molar-refractivity contribution >= 4 is 36.0 Å². The first-order chi connectivity index (χ1) is 11.9. The van der Waals surface area contributed by atoms with Crippen LogP contribution in [0.2, 0.25) is 0 Å². The first-order valence-corrected chi connectivity index (χ1v) is 9.58. The third-order valence-electron chi connectivity index (χ3n) is 4.02. The standard InChI is InChI=1S/C18H37N5O2.HI/c1-6-19-16(22-14-15-10-8-13-23(15)7-2)20-11-9-12-21-17(24)25-18(3,4)5;/h15H,6-14H2,1-5H3,(H,21,24)(H2,19,20,22);1H. The Kier molecular flexibility index (Phi) is 13.0. The summed E-state index contributed by atoms with van der Waals surface area (Å²) in [5.74, 6) is 0.850. The van der Waals surface area contributed by atoms with E-state index in [0.717, 1.165) is 38.6 Å². The average molecular weight is 483 g/mol. The number of ether oxygens (including phenoxy) is 1. The van der Waals surface area contributed by atoms with E-state index >= 15 is 0 Å². The number of amides is 1. The van der Waals surface area contributed by atoms with E-state index in [4.69, 9.17) is 9.73 Å². The van der Waals surface area contributed by atoms with Crippen LogP contribution in [0.15, 0.2) is 4.99 Å². The van der Waals surface area contributed by atoms with Crippen LogP contribution in [-0.2, 0) is 4.74 Å². The zero-order valence-electron chi connectivity index (χ0n) is 17.1. The number of rotatable bonds is 8. The molecule has 1 saturated heterocycles. The minimum absolute atomic E-state index is 0. The lowest BCUT2D eigenvalue weighted by Crippen LogP contribution is -2.40. The summed E-state index contributed by atoms with van der Waals surface area (Å²) in [6.07, 6.45) is 2.95. The van der Waals surface area contributed by atoms with Crippen molar-refractivity contribution in [2.45, 2.75) is 65.5 Å². The molecule has 1 atom stereocenters. The molecule has 1 rings (SSSR count). The minimum Gasteiger partial charge on any atom is -0.444 e. The zero-order chi connectivity index (χ0) is 18.7. The molecule has 0 aromatic rings. The number of carbonyl (C=O) groups is 1. The molecule has 0 aromatic carbocycles. The number of alkyl carbamates (subject to hydrolysis) is 1. The average Bonchev–Trinajstić information content (AvgIpc) is 2.97. The summed E-state index contributed by atoms with van der Waals surface area (Å²) in [6, 6.07) is 0.564. The highest BCUT2D eigenvalue weighted by atomic mass is 127. The monoisotopic (exact) mass is 483 g/mol. The fourth-order valence-corrected chi connectivity index (χ4v) is 2.86. The number of halogens is 1. The van der Waals surface area contributed by atoms with Gasteiger partial charge in [0.15, 0.2) is 5.96 Å². The number of likely N-dealkylation sites (N-methyl/N-ethyl adjacent to an activating group) is 1. The van der Waals surface area contributed by atoms with Crippen molar-refractivity contribution in [3.63, 3.8) is 0 Å². The van der Waals surface area contributed by atoms with Crippen LogP contribution in [0.5, 0.6) is 0 Å². The van der Waals surface area contributed by atoms with Gasteiger partial charge in [-0.3, -0.25) is 9.89 Å². The SMILES string of the molecule is CCNC(=NCC1CCCN1CC)NCCCNC(=O)OC(C)(C)C.I. The minimum atomic E-state index is -0.459. The fourth-order valence-electron chi connectivity index (χ4n) is 2.86. The van der Waals surface area contributed by atoms with Crippen LogP contribution in [-0.4, -0.2) is 67.9 Å². The van der Waals surface area contributed by atoms with Crippen LogP contribution in [0.3, 0.4) is 0 Å². The van der Waals surface area contributed by atoms with Gasteiger partial charge in [-0.25, -0.2) is 4.79 Å². The predicted octanol–water partition coefficient (Wildman–Crippen LogP) is 2.56. The van der Waals surface area contributed by atoms with E-state index in [1.807, 2.05) is 20.8 Å². The highest BCUT2D eigenvalue weighted by molar-refractivity contribution is 14.0. The van der Waals surface area contributed by atoms with Gasteiger partial charge in [0.2, 0.25) is 0 Å². The molecule has 1 unspecified atom stereocenters. The van der Waals surface area contributed by atoms with E-state index in [-0.39, 0.29) is 30.1 Å². The van der Waals surface area contributed by atoms with Gasteiger partial charge in [0.05, 0.1) is 6.54 Å². The Balaban J connectivity index is 0.00000625. The molecule has 154 valence electrons. The number of nitrogens with one attached hydrogen (secondary N) is 3. The third kappa shape index (κ3) is 11.1. The molecule has 7 nitrogen and oxygen atoms in total. The lowest BCUT2D eigenvalue weighted by Gasteiger charge is -2.21. The maximum Gasteiger partial charge on any atom is 0.407 e. The van der Waals surface area contributed by atoms with E-state index in [2.05, 4.69) is 34.7 Å². The van der Waals surface area contributed by atoms with Gasteiger partial charge in [-0.15, -0.1) is 24.0 Å². The molecule has 1 aliphatic heterocycles. The second-order valence-corrected chi connectivity index (χ2v) is 7.35. The Hall–Kier alpha value is -0.770. The van der Waals surface area contributed by atoms with Gasteiger partial charge >= 0.3 is 6.09 Å². The number of likely N-dealkylation sites (tertiary alicyclic amines) is 1. The van der Waals surface area contributed by atoms with Gasteiger partial charge in [-0.2, -0.15) is 0 Å². The number of nitrogens with zero attached hydrogens (tertiary/aromatic N) is 2. The lowest BCUT2D eigenvalue weighted by atomic mass is 10.2. The van der Waals surface area contributed by atoms with Crippen molar-refractivity contribution in [3.05, 3.63) is 0 Å². The van der Waals surface area contributed by atoms with E-state index < -0.39 is 5.60 Å². The van der Waals surface area contributed by atoms with Crippen molar-refractivity contribution in [1.29, 1.82) is 0 Å². The van der Waals surface area contributed by atoms with Crippen molar-refractivity contribution in [1.82, 2.24) is 20.9 Å². The van der Waals surface area contributed by atoms with E-state index in [1.165, 1.54) is 19.4 Å².